The van der Waals surface area contributed by atoms with Crippen LogP contribution >= 0.6 is 11.8 Å². The molecule has 5 atom stereocenters. The van der Waals surface area contributed by atoms with Crippen molar-refractivity contribution in [1.82, 2.24) is 5.32 Å². The first kappa shape index (κ1) is 33.5. The van der Waals surface area contributed by atoms with Crippen molar-refractivity contribution < 1.29 is 52.6 Å². The summed E-state index contributed by atoms with van der Waals surface area (Å²) in [5, 5.41) is 13.4. The van der Waals surface area contributed by atoms with E-state index in [1.165, 1.54) is 63.7 Å². The van der Waals surface area contributed by atoms with Crippen molar-refractivity contribution in [3.8, 4) is 5.75 Å². The summed E-state index contributed by atoms with van der Waals surface area (Å²) in [7, 11) is 0. The second-order valence-corrected chi connectivity index (χ2v) is 10.3. The van der Waals surface area contributed by atoms with Crippen LogP contribution in [0.5, 0.6) is 5.75 Å². The summed E-state index contributed by atoms with van der Waals surface area (Å²) in [6.45, 7) is 4.58. The Morgan fingerprint density at radius 3 is 2.12 bits per heavy atom. The first-order valence-electron chi connectivity index (χ1n) is 12.8. The monoisotopic (exact) mass is 598 g/mol. The van der Waals surface area contributed by atoms with Crippen LogP contribution in [0.2, 0.25) is 0 Å². The molecule has 1 fully saturated rings. The van der Waals surface area contributed by atoms with Gasteiger partial charge in [-0.15, -0.1) is 11.8 Å². The number of thioether (sulfide) groups is 1. The van der Waals surface area contributed by atoms with E-state index in [4.69, 9.17) is 23.7 Å². The van der Waals surface area contributed by atoms with E-state index in [2.05, 4.69) is 5.32 Å². The maximum Gasteiger partial charge on any atom is 0.311 e. The zero-order valence-corrected chi connectivity index (χ0v) is 24.0. The number of nitrogens with one attached hydrogen (secondary N) is 1. The zero-order chi connectivity index (χ0) is 30.5. The van der Waals surface area contributed by atoms with Crippen LogP contribution in [-0.4, -0.2) is 76.9 Å². The highest BCUT2D eigenvalue weighted by atomic mass is 32.2. The van der Waals surface area contributed by atoms with Gasteiger partial charge in [0.25, 0.3) is 5.69 Å². The Labute approximate surface area is 240 Å². The molecule has 15 heteroatoms. The Bertz CT molecular complexity index is 1100. The third-order valence-corrected chi connectivity index (χ3v) is 6.92. The van der Waals surface area contributed by atoms with Gasteiger partial charge in [-0.1, -0.05) is 6.42 Å². The molecule has 1 aromatic rings. The van der Waals surface area contributed by atoms with Gasteiger partial charge in [0.15, 0.2) is 12.2 Å². The minimum absolute atomic E-state index is 0.108. The van der Waals surface area contributed by atoms with Gasteiger partial charge in [-0.2, -0.15) is 0 Å². The van der Waals surface area contributed by atoms with Crippen molar-refractivity contribution in [1.29, 1.82) is 0 Å². The molecule has 226 valence electrons. The quantitative estimate of drug-likeness (QED) is 0.0822. The van der Waals surface area contributed by atoms with Crippen molar-refractivity contribution in [3.63, 3.8) is 0 Å². The number of hydrogen-bond acceptors (Lipinski definition) is 13. The van der Waals surface area contributed by atoms with E-state index in [0.29, 0.717) is 25.0 Å². The molecule has 1 saturated heterocycles. The second kappa shape index (κ2) is 16.5. The standard InChI is InChI=1S/C26H34N2O12S/c1-15(29)27-23-25(38-18(4)32)24(37-17(3)31)21(14-36-16(2)30)40-26(23)41-13-7-5-6-8-22(33)39-20-11-9-19(10-12-20)28(34)35/h9-12,21,23-26H,5-8,13-14H2,1-4H3,(H,27,29)/t21?,23?,24-,25?,26+/m1/s1. The Morgan fingerprint density at radius 2 is 1.56 bits per heavy atom. The molecule has 1 aliphatic rings. The Balaban J connectivity index is 1.97. The molecule has 1 heterocycles. The summed E-state index contributed by atoms with van der Waals surface area (Å²) in [6.07, 6.45) is -1.26. The lowest BCUT2D eigenvalue weighted by molar-refractivity contribution is -0.384. The first-order chi connectivity index (χ1) is 19.4. The van der Waals surface area contributed by atoms with E-state index in [1.807, 2.05) is 0 Å². The van der Waals surface area contributed by atoms with Crippen molar-refractivity contribution >= 4 is 47.2 Å². The van der Waals surface area contributed by atoms with E-state index in [1.54, 1.807) is 0 Å². The van der Waals surface area contributed by atoms with Gasteiger partial charge < -0.3 is 29.0 Å². The summed E-state index contributed by atoms with van der Waals surface area (Å²) in [6, 6.07) is 4.33. The number of hydrogen-bond donors (Lipinski definition) is 1. The number of nitro benzene ring substituents is 1. The third-order valence-electron chi connectivity index (χ3n) is 5.66. The van der Waals surface area contributed by atoms with Crippen molar-refractivity contribution in [2.45, 2.75) is 83.2 Å². The van der Waals surface area contributed by atoms with Gasteiger partial charge >= 0.3 is 23.9 Å². The van der Waals surface area contributed by atoms with Crippen LogP contribution in [0.25, 0.3) is 0 Å². The van der Waals surface area contributed by atoms with E-state index in [0.717, 1.165) is 0 Å². The molecule has 0 spiro atoms. The van der Waals surface area contributed by atoms with Gasteiger partial charge in [0, 0.05) is 46.2 Å². The lowest BCUT2D eigenvalue weighted by atomic mass is 9.97. The molecule has 0 aliphatic carbocycles. The molecule has 3 unspecified atom stereocenters. The number of esters is 4. The lowest BCUT2D eigenvalue weighted by Gasteiger charge is -2.45. The molecule has 41 heavy (non-hydrogen) atoms. The molecule has 1 N–H and O–H groups in total. The fraction of sp³-hybridized carbons (Fsp3) is 0.577. The summed E-state index contributed by atoms with van der Waals surface area (Å²) in [5.74, 6) is -2.08. The fourth-order valence-corrected chi connectivity index (χ4v) is 5.25. The number of non-ortho nitro benzene ring substituents is 1. The average molecular weight is 599 g/mol. The van der Waals surface area contributed by atoms with Gasteiger partial charge in [-0.3, -0.25) is 34.1 Å². The number of unbranched alkanes of at least 4 members (excludes halogenated alkanes) is 2. The second-order valence-electron chi connectivity index (χ2n) is 9.13. The molecule has 1 amide bonds. The Hall–Kier alpha value is -3.72. The molecule has 1 aromatic carbocycles. The third kappa shape index (κ3) is 11.7. The number of nitrogens with zero attached hydrogens (tertiary/aromatic N) is 1. The van der Waals surface area contributed by atoms with E-state index in [-0.39, 0.29) is 24.5 Å². The van der Waals surface area contributed by atoms with Crippen molar-refractivity contribution in [3.05, 3.63) is 34.4 Å². The normalized spacial score (nSPS) is 21.7. The molecular formula is C26H34N2O12S. The lowest BCUT2D eigenvalue weighted by Crippen LogP contribution is -2.65. The van der Waals surface area contributed by atoms with Crippen molar-refractivity contribution in [2.24, 2.45) is 0 Å². The molecule has 1 aliphatic heterocycles. The van der Waals surface area contributed by atoms with Crippen LogP contribution in [0.15, 0.2) is 24.3 Å². The smallest absolute Gasteiger partial charge is 0.311 e. The number of ether oxygens (including phenoxy) is 5. The Kier molecular flexibility index (Phi) is 13.5. The van der Waals surface area contributed by atoms with Gasteiger partial charge in [0.1, 0.15) is 29.9 Å². The van der Waals surface area contributed by atoms with Crippen LogP contribution in [0.1, 0.15) is 53.4 Å². The minimum Gasteiger partial charge on any atom is -0.463 e. The van der Waals surface area contributed by atoms with Crippen LogP contribution in [-0.2, 0) is 42.9 Å². The average Bonchev–Trinajstić information content (AvgIpc) is 2.87. The predicted molar refractivity (Wildman–Crippen MR) is 144 cm³/mol. The van der Waals surface area contributed by atoms with E-state index in [9.17, 15) is 34.1 Å². The molecule has 2 rings (SSSR count). The van der Waals surface area contributed by atoms with Crippen LogP contribution < -0.4 is 10.1 Å². The number of carbonyl (C=O) groups is 5. The summed E-state index contributed by atoms with van der Waals surface area (Å²) >= 11 is 1.32. The predicted octanol–water partition coefficient (Wildman–Crippen LogP) is 2.45. The number of nitro groups is 1. The highest BCUT2D eigenvalue weighted by Crippen LogP contribution is 2.33. The highest BCUT2D eigenvalue weighted by molar-refractivity contribution is 7.99. The topological polar surface area (TPSA) is 187 Å². The molecular weight excluding hydrogens is 564 g/mol. The first-order valence-corrected chi connectivity index (χ1v) is 13.9. The number of carbonyl (C=O) groups excluding carboxylic acids is 5. The van der Waals surface area contributed by atoms with Crippen molar-refractivity contribution in [2.75, 3.05) is 12.4 Å². The molecule has 0 aromatic heterocycles. The summed E-state index contributed by atoms with van der Waals surface area (Å²) in [5.41, 5.74) is -0.855. The maximum atomic E-state index is 12.1. The maximum absolute atomic E-state index is 12.1. The number of amides is 1. The molecule has 0 bridgehead atoms. The fourth-order valence-electron chi connectivity index (χ4n) is 4.00. The van der Waals surface area contributed by atoms with E-state index < -0.39 is 64.5 Å². The largest absolute Gasteiger partial charge is 0.463 e. The van der Waals surface area contributed by atoms with Gasteiger partial charge in [-0.25, -0.2) is 0 Å². The highest BCUT2D eigenvalue weighted by Gasteiger charge is 2.50. The Morgan fingerprint density at radius 1 is 0.927 bits per heavy atom. The number of rotatable bonds is 14. The van der Waals surface area contributed by atoms with Gasteiger partial charge in [0.05, 0.1) is 4.92 Å². The number of benzene rings is 1. The SMILES string of the molecule is CC(=O)NC1C(OC(C)=O)[C@H](OC(C)=O)C(COC(C)=O)O[C@H]1SCCCCCC(=O)Oc1ccc([N+](=O)[O-])cc1. The van der Waals surface area contributed by atoms with Gasteiger partial charge in [0.2, 0.25) is 5.91 Å². The molecule has 0 saturated carbocycles. The minimum atomic E-state index is -1.15. The van der Waals surface area contributed by atoms with Crippen LogP contribution in [0, 0.1) is 10.1 Å². The molecule has 0 radical (unpaired) electrons. The molecule has 14 nitrogen and oxygen atoms in total. The van der Waals surface area contributed by atoms with Crippen LogP contribution in [0.3, 0.4) is 0 Å². The summed E-state index contributed by atoms with van der Waals surface area (Å²) in [4.78, 5) is 69.5. The summed E-state index contributed by atoms with van der Waals surface area (Å²) < 4.78 is 27.2. The van der Waals surface area contributed by atoms with Crippen LogP contribution in [0.4, 0.5) is 5.69 Å². The van der Waals surface area contributed by atoms with Gasteiger partial charge in [-0.05, 0) is 30.7 Å². The zero-order valence-electron chi connectivity index (χ0n) is 23.2. The van der Waals surface area contributed by atoms with E-state index >= 15 is 0 Å².